The lowest BCUT2D eigenvalue weighted by Gasteiger charge is -2.21. The van der Waals surface area contributed by atoms with E-state index in [0.717, 1.165) is 46.7 Å². The smallest absolute Gasteiger partial charge is 0.273 e. The van der Waals surface area contributed by atoms with E-state index in [4.69, 9.17) is 9.72 Å². The van der Waals surface area contributed by atoms with Gasteiger partial charge in [0.2, 0.25) is 0 Å². The van der Waals surface area contributed by atoms with Gasteiger partial charge in [0.1, 0.15) is 17.6 Å². The van der Waals surface area contributed by atoms with E-state index in [2.05, 4.69) is 43.6 Å². The van der Waals surface area contributed by atoms with Crippen LogP contribution in [0, 0.1) is 29.1 Å². The minimum Gasteiger partial charge on any atom is -0.494 e. The molecule has 0 spiro atoms. The molecule has 204 valence electrons. The van der Waals surface area contributed by atoms with Crippen LogP contribution in [-0.2, 0) is 7.05 Å². The summed E-state index contributed by atoms with van der Waals surface area (Å²) < 4.78 is 8.77. The largest absolute Gasteiger partial charge is 0.494 e. The first-order valence-corrected chi connectivity index (χ1v) is 13.4. The summed E-state index contributed by atoms with van der Waals surface area (Å²) in [5.41, 5.74) is 5.31. The number of hydrogen-bond donors (Lipinski definition) is 1. The van der Waals surface area contributed by atoms with Crippen molar-refractivity contribution in [3.05, 3.63) is 78.8 Å². The Hall–Kier alpha value is -5.24. The number of rotatable bonds is 7. The fourth-order valence-corrected chi connectivity index (χ4v) is 6.04. The Labute approximate surface area is 236 Å². The predicted octanol–water partition coefficient (Wildman–Crippen LogP) is 3.18. The number of pyridine rings is 3. The summed E-state index contributed by atoms with van der Waals surface area (Å²) in [5.74, 6) is 2.71. The minimum atomic E-state index is -0.207. The second-order valence-corrected chi connectivity index (χ2v) is 10.6. The van der Waals surface area contributed by atoms with Gasteiger partial charge in [-0.2, -0.15) is 15.5 Å². The maximum Gasteiger partial charge on any atom is 0.273 e. The normalized spacial score (nSPS) is 19.1. The molecule has 11 heteroatoms. The second-order valence-electron chi connectivity index (χ2n) is 10.6. The molecule has 1 N–H and O–H groups in total. The van der Waals surface area contributed by atoms with E-state index in [1.807, 2.05) is 37.9 Å². The predicted molar refractivity (Wildman–Crippen MR) is 151 cm³/mol. The Kier molecular flexibility index (Phi) is 5.89. The number of methoxy groups -OCH3 is 1. The molecule has 2 fully saturated rings. The molecule has 11 nitrogen and oxygen atoms in total. The fourth-order valence-electron chi connectivity index (χ4n) is 6.04. The van der Waals surface area contributed by atoms with E-state index >= 15 is 0 Å². The standard InChI is InChI=1S/C30H27N9O2/c1-37-14-21(12-35-37)19-8-22(29-20(9-31)11-36-39(29)15-19)18-5-6-27(33-10-18)38-16-24-23(25(24)17-38)13-34-30(40)28-26(41-2)4-3-7-32-28/h3-8,10-12,14-15,23-25H,13,16-17H2,1-2H3,(H,34,40). The highest BCUT2D eigenvalue weighted by Crippen LogP contribution is 2.52. The van der Waals surface area contributed by atoms with Crippen LogP contribution in [0.1, 0.15) is 16.1 Å². The third kappa shape index (κ3) is 4.34. The van der Waals surface area contributed by atoms with Crippen LogP contribution in [0.25, 0.3) is 27.8 Å². The molecular weight excluding hydrogens is 518 g/mol. The number of ether oxygens (including phenoxy) is 1. The Bertz CT molecular complexity index is 1810. The molecular formula is C30H27N9O2. The zero-order valence-corrected chi connectivity index (χ0v) is 22.6. The average molecular weight is 546 g/mol. The molecule has 0 radical (unpaired) electrons. The van der Waals surface area contributed by atoms with Crippen molar-refractivity contribution in [1.82, 2.24) is 34.7 Å². The van der Waals surface area contributed by atoms with Crippen molar-refractivity contribution in [2.24, 2.45) is 24.8 Å². The van der Waals surface area contributed by atoms with Crippen LogP contribution in [0.4, 0.5) is 5.82 Å². The Balaban J connectivity index is 1.05. The zero-order chi connectivity index (χ0) is 28.1. The van der Waals surface area contributed by atoms with Crippen LogP contribution in [0.2, 0.25) is 0 Å². The minimum absolute atomic E-state index is 0.207. The number of nitrogens with zero attached hydrogens (tertiary/aromatic N) is 8. The lowest BCUT2D eigenvalue weighted by molar-refractivity contribution is 0.0942. The van der Waals surface area contributed by atoms with Crippen molar-refractivity contribution in [2.75, 3.05) is 31.6 Å². The molecule has 0 bridgehead atoms. The molecule has 1 amide bonds. The summed E-state index contributed by atoms with van der Waals surface area (Å²) in [6, 6.07) is 11.9. The molecule has 1 aliphatic heterocycles. The number of carbonyl (C=O) groups excluding carboxylic acids is 1. The molecule has 0 aromatic carbocycles. The molecule has 7 rings (SSSR count). The van der Waals surface area contributed by atoms with Gasteiger partial charge in [-0.1, -0.05) is 0 Å². The lowest BCUT2D eigenvalue weighted by Crippen LogP contribution is -2.31. The molecule has 5 aromatic heterocycles. The van der Waals surface area contributed by atoms with Gasteiger partial charge in [-0.05, 0) is 48.1 Å². The van der Waals surface area contributed by atoms with Crippen molar-refractivity contribution < 1.29 is 9.53 Å². The van der Waals surface area contributed by atoms with Crippen molar-refractivity contribution in [1.29, 1.82) is 5.26 Å². The molecule has 1 aliphatic carbocycles. The summed E-state index contributed by atoms with van der Waals surface area (Å²) in [6.45, 7) is 2.45. The third-order valence-electron chi connectivity index (χ3n) is 8.23. The van der Waals surface area contributed by atoms with Gasteiger partial charge >= 0.3 is 0 Å². The van der Waals surface area contributed by atoms with E-state index in [1.165, 1.54) is 7.11 Å². The fraction of sp³-hybridized carbons (Fsp3) is 0.267. The van der Waals surface area contributed by atoms with E-state index in [9.17, 15) is 10.1 Å². The number of carbonyl (C=O) groups is 1. The number of nitrogens with one attached hydrogen (secondary N) is 1. The maximum absolute atomic E-state index is 12.6. The summed E-state index contributed by atoms with van der Waals surface area (Å²) in [5, 5.41) is 21.5. The summed E-state index contributed by atoms with van der Waals surface area (Å²) in [7, 11) is 3.42. The van der Waals surface area contributed by atoms with E-state index < -0.39 is 0 Å². The molecule has 5 aromatic rings. The van der Waals surface area contributed by atoms with E-state index in [0.29, 0.717) is 41.3 Å². The summed E-state index contributed by atoms with van der Waals surface area (Å²) >= 11 is 0. The van der Waals surface area contributed by atoms with Crippen molar-refractivity contribution >= 4 is 17.2 Å². The molecule has 1 saturated heterocycles. The van der Waals surface area contributed by atoms with E-state index in [1.54, 1.807) is 33.7 Å². The lowest BCUT2D eigenvalue weighted by atomic mass is 10.0. The highest BCUT2D eigenvalue weighted by atomic mass is 16.5. The van der Waals surface area contributed by atoms with Gasteiger partial charge in [-0.15, -0.1) is 0 Å². The van der Waals surface area contributed by atoms with Gasteiger partial charge < -0.3 is 15.0 Å². The number of aryl methyl sites for hydroxylation is 1. The van der Waals surface area contributed by atoms with Crippen LogP contribution >= 0.6 is 0 Å². The highest BCUT2D eigenvalue weighted by Gasteiger charge is 2.55. The first-order valence-electron chi connectivity index (χ1n) is 13.4. The van der Waals surface area contributed by atoms with Crippen LogP contribution < -0.4 is 15.0 Å². The number of nitriles is 1. The second kappa shape index (κ2) is 9.75. The Morgan fingerprint density at radius 1 is 1.07 bits per heavy atom. The monoisotopic (exact) mass is 545 g/mol. The SMILES string of the molecule is COc1cccnc1C(=O)NCC1C2CN(c3ccc(-c4cc(-c5cnn(C)c5)cn5ncc(C#N)c45)cn3)CC12. The number of hydrogen-bond acceptors (Lipinski definition) is 8. The quantitative estimate of drug-likeness (QED) is 0.331. The molecule has 2 aliphatic rings. The van der Waals surface area contributed by atoms with E-state index in [-0.39, 0.29) is 5.91 Å². The van der Waals surface area contributed by atoms with Crippen LogP contribution in [-0.4, -0.2) is 62.0 Å². The molecule has 6 heterocycles. The van der Waals surface area contributed by atoms with Crippen molar-refractivity contribution in [3.8, 4) is 34.1 Å². The van der Waals surface area contributed by atoms with Crippen LogP contribution in [0.15, 0.2) is 67.5 Å². The number of amides is 1. The van der Waals surface area contributed by atoms with Gasteiger partial charge in [0.25, 0.3) is 5.91 Å². The topological polar surface area (TPSA) is 126 Å². The molecule has 1 saturated carbocycles. The molecule has 2 unspecified atom stereocenters. The highest BCUT2D eigenvalue weighted by molar-refractivity contribution is 5.94. The van der Waals surface area contributed by atoms with Crippen molar-refractivity contribution in [2.45, 2.75) is 0 Å². The van der Waals surface area contributed by atoms with Gasteiger partial charge in [-0.25, -0.2) is 14.5 Å². The Morgan fingerprint density at radius 3 is 2.63 bits per heavy atom. The first kappa shape index (κ1) is 24.8. The number of anilines is 1. The molecule has 2 atom stereocenters. The average Bonchev–Trinajstić information content (AvgIpc) is 3.44. The number of fused-ring (bicyclic) bond motifs is 2. The molecule has 41 heavy (non-hydrogen) atoms. The number of piperidine rings is 1. The van der Waals surface area contributed by atoms with Gasteiger partial charge in [0.05, 0.1) is 30.6 Å². The van der Waals surface area contributed by atoms with Gasteiger partial charge in [0, 0.05) is 73.7 Å². The number of aromatic nitrogens is 6. The van der Waals surface area contributed by atoms with Crippen molar-refractivity contribution in [3.63, 3.8) is 0 Å². The maximum atomic E-state index is 12.6. The summed E-state index contributed by atoms with van der Waals surface area (Å²) in [6.07, 6.45) is 10.7. The van der Waals surface area contributed by atoms with Crippen LogP contribution in [0.5, 0.6) is 5.75 Å². The van der Waals surface area contributed by atoms with Gasteiger partial charge in [-0.3, -0.25) is 9.48 Å². The van der Waals surface area contributed by atoms with Crippen LogP contribution in [0.3, 0.4) is 0 Å². The Morgan fingerprint density at radius 2 is 1.93 bits per heavy atom. The summed E-state index contributed by atoms with van der Waals surface area (Å²) in [4.78, 5) is 23.9. The first-order chi connectivity index (χ1) is 20.0. The van der Waals surface area contributed by atoms with Gasteiger partial charge in [0.15, 0.2) is 5.69 Å². The zero-order valence-electron chi connectivity index (χ0n) is 22.6. The third-order valence-corrected chi connectivity index (χ3v) is 8.23.